The molecule has 0 saturated heterocycles. The maximum absolute atomic E-state index is 14.3. The molecule has 112 valence electrons. The van der Waals surface area contributed by atoms with Gasteiger partial charge in [-0.3, -0.25) is 0 Å². The monoisotopic (exact) mass is 428 g/mol. The van der Waals surface area contributed by atoms with E-state index >= 15 is 0 Å². The van der Waals surface area contributed by atoms with Gasteiger partial charge >= 0.3 is 0 Å². The van der Waals surface area contributed by atoms with E-state index in [0.717, 1.165) is 25.8 Å². The van der Waals surface area contributed by atoms with E-state index in [0.29, 0.717) is 5.56 Å². The summed E-state index contributed by atoms with van der Waals surface area (Å²) in [5.41, 5.74) is 2.44. The summed E-state index contributed by atoms with van der Waals surface area (Å²) in [5.74, 6) is -1.76. The lowest BCUT2D eigenvalue weighted by atomic mass is 10.1. The average Bonchev–Trinajstić information content (AvgIpc) is 3.00. The van der Waals surface area contributed by atoms with Gasteiger partial charge in [0.05, 0.1) is 10.6 Å². The van der Waals surface area contributed by atoms with Crippen LogP contribution in [0, 0.1) is 22.1 Å². The van der Waals surface area contributed by atoms with Crippen molar-refractivity contribution in [2.24, 2.45) is 0 Å². The molecule has 2 aromatic carbocycles. The molecule has 0 aliphatic carbocycles. The largest absolute Gasteiger partial charge is 0.352 e. The van der Waals surface area contributed by atoms with Gasteiger partial charge in [0.2, 0.25) is 0 Å². The fourth-order valence-corrected chi connectivity index (χ4v) is 3.41. The van der Waals surface area contributed by atoms with Gasteiger partial charge < -0.3 is 5.32 Å². The smallest absolute Gasteiger partial charge is 0.182 e. The normalized spacial score (nSPS) is 10.7. The fraction of sp³-hybridized carbons (Fsp3) is 0.0625. The van der Waals surface area contributed by atoms with Crippen LogP contribution in [0.15, 0.2) is 42.6 Å². The molecule has 0 unspecified atom stereocenters. The molecule has 3 aromatic rings. The minimum absolute atomic E-state index is 0.133. The Kier molecular flexibility index (Phi) is 4.39. The lowest BCUT2D eigenvalue weighted by Crippen LogP contribution is -2.00. The summed E-state index contributed by atoms with van der Waals surface area (Å²) in [7, 11) is 0. The van der Waals surface area contributed by atoms with E-state index < -0.39 is 11.6 Å². The summed E-state index contributed by atoms with van der Waals surface area (Å²) in [6.07, 6.45) is 1.64. The Bertz CT molecular complexity index is 819. The molecule has 6 heteroatoms. The molecule has 0 bridgehead atoms. The Morgan fingerprint density at radius 3 is 2.64 bits per heavy atom. The molecule has 0 radical (unpaired) electrons. The zero-order chi connectivity index (χ0) is 15.7. The van der Waals surface area contributed by atoms with Crippen molar-refractivity contribution in [2.45, 2.75) is 6.92 Å². The highest BCUT2D eigenvalue weighted by atomic mass is 127. The fourth-order valence-electron chi connectivity index (χ4n) is 2.13. The molecule has 0 spiro atoms. The molecule has 2 nitrogen and oxygen atoms in total. The van der Waals surface area contributed by atoms with Crippen molar-refractivity contribution >= 4 is 45.5 Å². The van der Waals surface area contributed by atoms with Crippen molar-refractivity contribution in [3.63, 3.8) is 0 Å². The number of rotatable bonds is 3. The maximum Gasteiger partial charge on any atom is 0.182 e. The molecule has 22 heavy (non-hydrogen) atoms. The van der Waals surface area contributed by atoms with Gasteiger partial charge in [-0.15, -0.1) is 0 Å². The predicted molar refractivity (Wildman–Crippen MR) is 94.6 cm³/mol. The third kappa shape index (κ3) is 2.98. The first-order valence-corrected chi connectivity index (χ1v) is 8.33. The zero-order valence-electron chi connectivity index (χ0n) is 11.5. The van der Waals surface area contributed by atoms with Crippen molar-refractivity contribution in [3.8, 4) is 10.4 Å². The Hall–Kier alpha value is -1.54. The molecule has 1 aromatic heterocycles. The van der Waals surface area contributed by atoms with E-state index in [-0.39, 0.29) is 5.69 Å². The van der Waals surface area contributed by atoms with Crippen LogP contribution >= 0.6 is 34.1 Å². The number of anilines is 2. The van der Waals surface area contributed by atoms with E-state index in [9.17, 15) is 8.78 Å². The molecule has 0 aliphatic heterocycles. The maximum atomic E-state index is 14.3. The van der Waals surface area contributed by atoms with Crippen LogP contribution in [-0.4, -0.2) is 4.37 Å². The van der Waals surface area contributed by atoms with Crippen molar-refractivity contribution in [2.75, 3.05) is 5.32 Å². The zero-order valence-corrected chi connectivity index (χ0v) is 14.5. The van der Waals surface area contributed by atoms with E-state index in [4.69, 9.17) is 0 Å². The third-order valence-corrected chi connectivity index (χ3v) is 4.70. The number of hydrogen-bond acceptors (Lipinski definition) is 3. The molecule has 0 atom stereocenters. The number of hydrogen-bond donors (Lipinski definition) is 1. The number of aryl methyl sites for hydroxylation is 1. The molecule has 0 saturated carbocycles. The summed E-state index contributed by atoms with van der Waals surface area (Å²) in [6, 6.07) is 10.2. The van der Waals surface area contributed by atoms with Gasteiger partial charge in [0, 0.05) is 21.0 Å². The van der Waals surface area contributed by atoms with Crippen molar-refractivity contribution in [1.29, 1.82) is 0 Å². The Balaban J connectivity index is 2.11. The van der Waals surface area contributed by atoms with Crippen LogP contribution < -0.4 is 5.32 Å². The SMILES string of the molecule is Cc1cc(I)ccc1Nc1c(-c2ccns2)ccc(F)c1F. The van der Waals surface area contributed by atoms with Gasteiger partial charge in [-0.25, -0.2) is 13.2 Å². The summed E-state index contributed by atoms with van der Waals surface area (Å²) in [6.45, 7) is 1.92. The second-order valence-corrected chi connectivity index (χ2v) is 6.82. The standard InChI is InChI=1S/C16H11F2IN2S/c1-9-8-10(19)2-5-13(9)21-16-11(14-6-7-20-22-14)3-4-12(17)15(16)18/h2-8,21H,1H3. The van der Waals surface area contributed by atoms with Gasteiger partial charge in [0.1, 0.15) is 0 Å². The number of halogens is 3. The number of nitrogens with one attached hydrogen (secondary N) is 1. The molecule has 3 rings (SSSR count). The predicted octanol–water partition coefficient (Wildman–Crippen LogP) is 5.74. The van der Waals surface area contributed by atoms with Crippen molar-refractivity contribution < 1.29 is 8.78 Å². The quantitative estimate of drug-likeness (QED) is 0.538. The Morgan fingerprint density at radius 1 is 1.14 bits per heavy atom. The summed E-state index contributed by atoms with van der Waals surface area (Å²) >= 11 is 3.45. The Labute approximate surface area is 144 Å². The summed E-state index contributed by atoms with van der Waals surface area (Å²) in [5, 5.41) is 3.03. The van der Waals surface area contributed by atoms with Crippen LogP contribution in [0.4, 0.5) is 20.2 Å². The molecule has 0 amide bonds. The first-order valence-electron chi connectivity index (χ1n) is 6.48. The van der Waals surface area contributed by atoms with Crippen LogP contribution in [0.5, 0.6) is 0 Å². The van der Waals surface area contributed by atoms with Crippen LogP contribution in [0.2, 0.25) is 0 Å². The summed E-state index contributed by atoms with van der Waals surface area (Å²) < 4.78 is 33.0. The van der Waals surface area contributed by atoms with E-state index in [1.165, 1.54) is 11.5 Å². The molecule has 0 fully saturated rings. The van der Waals surface area contributed by atoms with E-state index in [2.05, 4.69) is 32.3 Å². The van der Waals surface area contributed by atoms with Crippen molar-refractivity contribution in [3.05, 3.63) is 63.4 Å². The third-order valence-electron chi connectivity index (χ3n) is 3.25. The molecular formula is C16H11F2IN2S. The molecule has 1 heterocycles. The van der Waals surface area contributed by atoms with Crippen LogP contribution in [-0.2, 0) is 0 Å². The van der Waals surface area contributed by atoms with Gasteiger partial charge in [0.15, 0.2) is 11.6 Å². The molecule has 1 N–H and O–H groups in total. The topological polar surface area (TPSA) is 24.9 Å². The van der Waals surface area contributed by atoms with Crippen LogP contribution in [0.1, 0.15) is 5.56 Å². The lowest BCUT2D eigenvalue weighted by Gasteiger charge is -2.14. The van der Waals surface area contributed by atoms with Gasteiger partial charge in [0.25, 0.3) is 0 Å². The first kappa shape index (κ1) is 15.4. The second kappa shape index (κ2) is 6.29. The van der Waals surface area contributed by atoms with E-state index in [1.807, 2.05) is 25.1 Å². The number of aromatic nitrogens is 1. The van der Waals surface area contributed by atoms with Gasteiger partial charge in [-0.2, -0.15) is 0 Å². The highest BCUT2D eigenvalue weighted by Crippen LogP contribution is 2.36. The van der Waals surface area contributed by atoms with Crippen LogP contribution in [0.25, 0.3) is 10.4 Å². The van der Waals surface area contributed by atoms with Crippen molar-refractivity contribution in [1.82, 2.24) is 4.37 Å². The Morgan fingerprint density at radius 2 is 1.95 bits per heavy atom. The van der Waals surface area contributed by atoms with Gasteiger partial charge in [-0.05, 0) is 83.0 Å². The second-order valence-electron chi connectivity index (χ2n) is 4.74. The highest BCUT2D eigenvalue weighted by molar-refractivity contribution is 14.1. The minimum Gasteiger partial charge on any atom is -0.352 e. The highest BCUT2D eigenvalue weighted by Gasteiger charge is 2.16. The molecular weight excluding hydrogens is 417 g/mol. The van der Waals surface area contributed by atoms with Gasteiger partial charge in [-0.1, -0.05) is 0 Å². The van der Waals surface area contributed by atoms with E-state index in [1.54, 1.807) is 18.3 Å². The van der Waals surface area contributed by atoms with Crippen LogP contribution in [0.3, 0.4) is 0 Å². The molecule has 0 aliphatic rings. The summed E-state index contributed by atoms with van der Waals surface area (Å²) in [4.78, 5) is 0.782. The first-order chi connectivity index (χ1) is 10.6. The lowest BCUT2D eigenvalue weighted by molar-refractivity contribution is 0.512. The number of benzene rings is 2. The number of nitrogens with zero attached hydrogens (tertiary/aromatic N) is 1. The average molecular weight is 428 g/mol. The minimum atomic E-state index is -0.885.